The highest BCUT2D eigenvalue weighted by molar-refractivity contribution is 5.17. The van der Waals surface area contributed by atoms with Crippen molar-refractivity contribution in [1.29, 1.82) is 0 Å². The maximum atomic E-state index is 9.13. The summed E-state index contributed by atoms with van der Waals surface area (Å²) in [5.74, 6) is 0.227. The van der Waals surface area contributed by atoms with Crippen LogP contribution in [0, 0.1) is 0 Å². The van der Waals surface area contributed by atoms with E-state index in [4.69, 9.17) is 5.11 Å². The summed E-state index contributed by atoms with van der Waals surface area (Å²) in [6.07, 6.45) is 2.64. The fourth-order valence-corrected chi connectivity index (χ4v) is 1.56. The molecule has 1 unspecified atom stereocenters. The lowest BCUT2D eigenvalue weighted by Crippen LogP contribution is -2.32. The van der Waals surface area contributed by atoms with Crippen molar-refractivity contribution in [3.8, 4) is 5.75 Å². The first kappa shape index (κ1) is 12.0. The zero-order valence-corrected chi connectivity index (χ0v) is 9.77. The second-order valence-electron chi connectivity index (χ2n) is 3.83. The minimum Gasteiger partial charge on any atom is -0.506 e. The molecular formula is C12H20N2O. The summed E-state index contributed by atoms with van der Waals surface area (Å²) < 4.78 is 0. The highest BCUT2D eigenvalue weighted by Crippen LogP contribution is 2.11. The van der Waals surface area contributed by atoms with Crippen molar-refractivity contribution in [1.82, 2.24) is 9.88 Å². The van der Waals surface area contributed by atoms with Crippen molar-refractivity contribution in [2.45, 2.75) is 39.8 Å². The van der Waals surface area contributed by atoms with E-state index in [1.54, 1.807) is 6.07 Å². The Kier molecular flexibility index (Phi) is 4.56. The van der Waals surface area contributed by atoms with Gasteiger partial charge in [-0.05, 0) is 32.0 Å². The van der Waals surface area contributed by atoms with E-state index in [1.165, 1.54) is 6.20 Å². The van der Waals surface area contributed by atoms with Crippen molar-refractivity contribution in [2.24, 2.45) is 0 Å². The second kappa shape index (κ2) is 5.71. The molecule has 0 spiro atoms. The van der Waals surface area contributed by atoms with Crippen LogP contribution in [0.4, 0.5) is 0 Å². The predicted octanol–water partition coefficient (Wildman–Crippen LogP) is 2.41. The SMILES string of the molecule is CCC(C)N(CC)Cc1ccc(O)cn1. The third-order valence-electron chi connectivity index (χ3n) is 2.79. The Morgan fingerprint density at radius 3 is 2.60 bits per heavy atom. The molecule has 3 heteroatoms. The fraction of sp³-hybridized carbons (Fsp3) is 0.583. The zero-order valence-electron chi connectivity index (χ0n) is 9.77. The van der Waals surface area contributed by atoms with Gasteiger partial charge in [0.15, 0.2) is 0 Å². The third kappa shape index (κ3) is 3.51. The van der Waals surface area contributed by atoms with Crippen molar-refractivity contribution >= 4 is 0 Å². The Morgan fingerprint density at radius 2 is 2.13 bits per heavy atom. The molecule has 3 nitrogen and oxygen atoms in total. The number of hydrogen-bond acceptors (Lipinski definition) is 3. The lowest BCUT2D eigenvalue weighted by atomic mass is 10.2. The van der Waals surface area contributed by atoms with Crippen molar-refractivity contribution in [2.75, 3.05) is 6.54 Å². The van der Waals surface area contributed by atoms with Gasteiger partial charge in [-0.3, -0.25) is 9.88 Å². The molecule has 0 radical (unpaired) electrons. The van der Waals surface area contributed by atoms with Crippen LogP contribution < -0.4 is 0 Å². The smallest absolute Gasteiger partial charge is 0.133 e. The Morgan fingerprint density at radius 1 is 1.40 bits per heavy atom. The highest BCUT2D eigenvalue weighted by Gasteiger charge is 2.10. The van der Waals surface area contributed by atoms with Gasteiger partial charge in [0.05, 0.1) is 11.9 Å². The maximum Gasteiger partial charge on any atom is 0.133 e. The molecule has 1 rings (SSSR count). The lowest BCUT2D eigenvalue weighted by Gasteiger charge is -2.26. The molecule has 0 saturated heterocycles. The van der Waals surface area contributed by atoms with Gasteiger partial charge in [-0.1, -0.05) is 13.8 Å². The molecule has 0 amide bonds. The summed E-state index contributed by atoms with van der Waals surface area (Å²) in [5.41, 5.74) is 1.01. The Bertz CT molecular complexity index is 284. The minimum atomic E-state index is 0.227. The zero-order chi connectivity index (χ0) is 11.3. The van der Waals surface area contributed by atoms with Gasteiger partial charge in [-0.25, -0.2) is 0 Å². The lowest BCUT2D eigenvalue weighted by molar-refractivity contribution is 0.203. The quantitative estimate of drug-likeness (QED) is 0.807. The van der Waals surface area contributed by atoms with Crippen LogP contribution in [-0.4, -0.2) is 27.6 Å². The molecule has 0 bridgehead atoms. The molecule has 15 heavy (non-hydrogen) atoms. The molecule has 84 valence electrons. The summed E-state index contributed by atoms with van der Waals surface area (Å²) >= 11 is 0. The van der Waals surface area contributed by atoms with E-state index >= 15 is 0 Å². The molecule has 0 aromatic carbocycles. The Hall–Kier alpha value is -1.09. The minimum absolute atomic E-state index is 0.227. The van der Waals surface area contributed by atoms with E-state index in [-0.39, 0.29) is 5.75 Å². The first-order chi connectivity index (χ1) is 7.17. The van der Waals surface area contributed by atoms with Crippen LogP contribution in [0.5, 0.6) is 5.75 Å². The largest absolute Gasteiger partial charge is 0.506 e. The van der Waals surface area contributed by atoms with Crippen LogP contribution in [0.3, 0.4) is 0 Å². The van der Waals surface area contributed by atoms with Crippen LogP contribution in [0.2, 0.25) is 0 Å². The Labute approximate surface area is 91.8 Å². The molecule has 1 heterocycles. The van der Waals surface area contributed by atoms with E-state index in [2.05, 4.69) is 30.7 Å². The van der Waals surface area contributed by atoms with Gasteiger partial charge in [0.2, 0.25) is 0 Å². The second-order valence-corrected chi connectivity index (χ2v) is 3.83. The van der Waals surface area contributed by atoms with Gasteiger partial charge in [0, 0.05) is 12.6 Å². The highest BCUT2D eigenvalue weighted by atomic mass is 16.3. The average molecular weight is 208 g/mol. The number of nitrogens with zero attached hydrogens (tertiary/aromatic N) is 2. The van der Waals surface area contributed by atoms with Gasteiger partial charge in [-0.2, -0.15) is 0 Å². The van der Waals surface area contributed by atoms with Crippen LogP contribution in [-0.2, 0) is 6.54 Å². The van der Waals surface area contributed by atoms with Crippen LogP contribution in [0.1, 0.15) is 32.9 Å². The topological polar surface area (TPSA) is 36.4 Å². The predicted molar refractivity (Wildman–Crippen MR) is 61.7 cm³/mol. The standard InChI is InChI=1S/C12H20N2O/c1-4-10(3)14(5-2)9-11-6-7-12(15)8-13-11/h6-8,10,15H,4-5,9H2,1-3H3. The molecule has 0 saturated carbocycles. The van der Waals surface area contributed by atoms with Crippen molar-refractivity contribution in [3.05, 3.63) is 24.0 Å². The number of aromatic hydroxyl groups is 1. The molecule has 1 aromatic rings. The Balaban J connectivity index is 2.62. The third-order valence-corrected chi connectivity index (χ3v) is 2.79. The first-order valence-electron chi connectivity index (χ1n) is 5.55. The van der Waals surface area contributed by atoms with Gasteiger partial charge in [0.25, 0.3) is 0 Å². The molecule has 0 aliphatic rings. The van der Waals surface area contributed by atoms with Crippen molar-refractivity contribution < 1.29 is 5.11 Å². The monoisotopic (exact) mass is 208 g/mol. The van der Waals surface area contributed by atoms with Crippen LogP contribution in [0.25, 0.3) is 0 Å². The van der Waals surface area contributed by atoms with Gasteiger partial charge in [-0.15, -0.1) is 0 Å². The molecule has 1 aromatic heterocycles. The van der Waals surface area contributed by atoms with Gasteiger partial charge < -0.3 is 5.11 Å². The normalized spacial score (nSPS) is 13.1. The number of aromatic nitrogens is 1. The number of rotatable bonds is 5. The van der Waals surface area contributed by atoms with Gasteiger partial charge >= 0.3 is 0 Å². The first-order valence-corrected chi connectivity index (χ1v) is 5.55. The molecule has 0 aliphatic carbocycles. The average Bonchev–Trinajstić information content (AvgIpc) is 2.27. The van der Waals surface area contributed by atoms with E-state index in [0.29, 0.717) is 6.04 Å². The summed E-state index contributed by atoms with van der Waals surface area (Å²) in [5, 5.41) is 9.13. The number of pyridine rings is 1. The maximum absolute atomic E-state index is 9.13. The van der Waals surface area contributed by atoms with E-state index in [0.717, 1.165) is 25.2 Å². The summed E-state index contributed by atoms with van der Waals surface area (Å²) in [7, 11) is 0. The molecule has 0 aliphatic heterocycles. The summed E-state index contributed by atoms with van der Waals surface area (Å²) in [6.45, 7) is 8.46. The van der Waals surface area contributed by atoms with E-state index in [9.17, 15) is 0 Å². The van der Waals surface area contributed by atoms with Crippen molar-refractivity contribution in [3.63, 3.8) is 0 Å². The van der Waals surface area contributed by atoms with E-state index < -0.39 is 0 Å². The molecule has 1 atom stereocenters. The summed E-state index contributed by atoms with van der Waals surface area (Å²) in [4.78, 5) is 6.57. The molecule has 1 N–H and O–H groups in total. The van der Waals surface area contributed by atoms with Crippen LogP contribution in [0.15, 0.2) is 18.3 Å². The van der Waals surface area contributed by atoms with Gasteiger partial charge in [0.1, 0.15) is 5.75 Å². The molecule has 0 fully saturated rings. The van der Waals surface area contributed by atoms with E-state index in [1.807, 2.05) is 6.07 Å². The molecular weight excluding hydrogens is 188 g/mol. The fourth-order valence-electron chi connectivity index (χ4n) is 1.56. The number of hydrogen-bond donors (Lipinski definition) is 1. The summed E-state index contributed by atoms with van der Waals surface area (Å²) in [6, 6.07) is 4.14. The van der Waals surface area contributed by atoms with Crippen LogP contribution >= 0.6 is 0 Å².